The van der Waals surface area contributed by atoms with Gasteiger partial charge in [0.25, 0.3) is 0 Å². The van der Waals surface area contributed by atoms with Crippen LogP contribution in [0.3, 0.4) is 0 Å². The highest BCUT2D eigenvalue weighted by atomic mass is 15.2. The molecule has 3 heterocycles. The van der Waals surface area contributed by atoms with Gasteiger partial charge in [-0.3, -0.25) is 4.57 Å². The molecule has 7 nitrogen and oxygen atoms in total. The van der Waals surface area contributed by atoms with Gasteiger partial charge in [0.05, 0.1) is 0 Å². The Hall–Kier alpha value is -4.78. The quantitative estimate of drug-likeness (QED) is 0.358. The highest BCUT2D eigenvalue weighted by Gasteiger charge is 2.16. The van der Waals surface area contributed by atoms with Crippen LogP contribution in [-0.2, 0) is 0 Å². The molecule has 0 fully saturated rings. The molecule has 3 aromatic carbocycles. The number of hydrogen-bond donors (Lipinski definition) is 2. The predicted octanol–water partition coefficient (Wildman–Crippen LogP) is 5.85. The number of rotatable bonds is 5. The summed E-state index contributed by atoms with van der Waals surface area (Å²) < 4.78 is 1.95. The third kappa shape index (κ3) is 3.61. The number of pyridine rings is 1. The first-order chi connectivity index (χ1) is 16.3. The fourth-order valence-corrected chi connectivity index (χ4v) is 3.80. The summed E-state index contributed by atoms with van der Waals surface area (Å²) in [5, 5.41) is 8.80. The summed E-state index contributed by atoms with van der Waals surface area (Å²) >= 11 is 0. The molecular weight excluding hydrogens is 410 g/mol. The highest BCUT2D eigenvalue weighted by molar-refractivity contribution is 5.93. The number of benzene rings is 3. The molecule has 0 aliphatic carbocycles. The number of anilines is 4. The maximum Gasteiger partial charge on any atom is 0.232 e. The molecule has 0 aliphatic rings. The summed E-state index contributed by atoms with van der Waals surface area (Å²) in [6, 6.07) is 30.0. The van der Waals surface area contributed by atoms with E-state index < -0.39 is 0 Å². The second kappa shape index (κ2) is 8.05. The van der Waals surface area contributed by atoms with Gasteiger partial charge in [0.1, 0.15) is 12.1 Å². The van der Waals surface area contributed by atoms with E-state index in [4.69, 9.17) is 9.97 Å². The first-order valence-corrected chi connectivity index (χ1v) is 10.6. The SMILES string of the molecule is c1ccc(Nc2nc(Nc3nccc4ccccc34)nc3c2ncn3-c2ccccc2)cc1. The second-order valence-electron chi connectivity index (χ2n) is 7.51. The average Bonchev–Trinajstić information content (AvgIpc) is 3.30. The van der Waals surface area contributed by atoms with Gasteiger partial charge in [0.15, 0.2) is 17.0 Å². The Labute approximate surface area is 189 Å². The van der Waals surface area contributed by atoms with Crippen LogP contribution in [0.15, 0.2) is 104 Å². The van der Waals surface area contributed by atoms with E-state index in [9.17, 15) is 0 Å². The fourth-order valence-electron chi connectivity index (χ4n) is 3.80. The third-order valence-electron chi connectivity index (χ3n) is 5.37. The maximum absolute atomic E-state index is 4.81. The van der Waals surface area contributed by atoms with Gasteiger partial charge in [-0.1, -0.05) is 60.7 Å². The van der Waals surface area contributed by atoms with Crippen molar-refractivity contribution in [3.8, 4) is 5.69 Å². The van der Waals surface area contributed by atoms with Crippen LogP contribution in [0.4, 0.5) is 23.3 Å². The molecule has 0 amide bonds. The molecule has 6 aromatic rings. The summed E-state index contributed by atoms with van der Waals surface area (Å²) in [5.41, 5.74) is 3.26. The van der Waals surface area contributed by atoms with Crippen LogP contribution < -0.4 is 10.6 Å². The number of para-hydroxylation sites is 2. The predicted molar refractivity (Wildman–Crippen MR) is 131 cm³/mol. The Morgan fingerprint density at radius 2 is 1.39 bits per heavy atom. The van der Waals surface area contributed by atoms with Crippen LogP contribution >= 0.6 is 0 Å². The monoisotopic (exact) mass is 429 g/mol. The van der Waals surface area contributed by atoms with E-state index in [-0.39, 0.29) is 0 Å². The Balaban J connectivity index is 1.51. The standard InChI is InChI=1S/C26H19N7/c1-3-10-19(11-4-1)29-24-22-25(33(17-28-22)20-12-5-2-6-13-20)32-26(31-24)30-23-21-14-8-7-9-18(21)15-16-27-23/h1-17H,(H2,27,29,30,31,32). The van der Waals surface area contributed by atoms with Gasteiger partial charge in [-0.15, -0.1) is 0 Å². The Morgan fingerprint density at radius 3 is 2.24 bits per heavy atom. The van der Waals surface area contributed by atoms with Gasteiger partial charge in [-0.05, 0) is 35.7 Å². The van der Waals surface area contributed by atoms with Crippen LogP contribution in [0.1, 0.15) is 0 Å². The highest BCUT2D eigenvalue weighted by Crippen LogP contribution is 2.28. The number of imidazole rings is 1. The lowest BCUT2D eigenvalue weighted by Crippen LogP contribution is -2.05. The Morgan fingerprint density at radius 1 is 0.636 bits per heavy atom. The molecule has 0 aliphatic heterocycles. The lowest BCUT2D eigenvalue weighted by molar-refractivity contribution is 1.06. The van der Waals surface area contributed by atoms with Gasteiger partial charge < -0.3 is 10.6 Å². The zero-order valence-corrected chi connectivity index (χ0v) is 17.6. The molecule has 0 saturated carbocycles. The zero-order chi connectivity index (χ0) is 22.0. The van der Waals surface area contributed by atoms with Crippen molar-refractivity contribution in [2.75, 3.05) is 10.6 Å². The topological polar surface area (TPSA) is 80.6 Å². The lowest BCUT2D eigenvalue weighted by atomic mass is 10.1. The van der Waals surface area contributed by atoms with Gasteiger partial charge in [0.2, 0.25) is 5.95 Å². The molecule has 3 aromatic heterocycles. The van der Waals surface area contributed by atoms with E-state index in [1.54, 1.807) is 12.5 Å². The van der Waals surface area contributed by atoms with E-state index in [2.05, 4.69) is 26.7 Å². The summed E-state index contributed by atoms with van der Waals surface area (Å²) in [6.45, 7) is 0. The van der Waals surface area contributed by atoms with E-state index in [0.717, 1.165) is 22.1 Å². The number of nitrogens with zero attached hydrogens (tertiary/aromatic N) is 5. The molecular formula is C26H19N7. The summed E-state index contributed by atoms with van der Waals surface area (Å²) in [5.74, 6) is 1.75. The number of nitrogens with one attached hydrogen (secondary N) is 2. The average molecular weight is 429 g/mol. The molecule has 0 saturated heterocycles. The summed E-state index contributed by atoms with van der Waals surface area (Å²) in [6.07, 6.45) is 3.55. The largest absolute Gasteiger partial charge is 0.338 e. The molecule has 0 atom stereocenters. The van der Waals surface area contributed by atoms with E-state index in [1.165, 1.54) is 0 Å². The van der Waals surface area contributed by atoms with Crippen molar-refractivity contribution in [3.63, 3.8) is 0 Å². The normalized spacial score (nSPS) is 11.0. The number of hydrogen-bond acceptors (Lipinski definition) is 6. The Kier molecular flexibility index (Phi) is 4.62. The molecule has 0 spiro atoms. The number of fused-ring (bicyclic) bond motifs is 2. The smallest absolute Gasteiger partial charge is 0.232 e. The van der Waals surface area contributed by atoms with E-state index >= 15 is 0 Å². The minimum atomic E-state index is 0.433. The maximum atomic E-state index is 4.81. The minimum absolute atomic E-state index is 0.433. The van der Waals surface area contributed by atoms with Crippen molar-refractivity contribution in [2.24, 2.45) is 0 Å². The van der Waals surface area contributed by atoms with Crippen LogP contribution in [-0.4, -0.2) is 24.5 Å². The lowest BCUT2D eigenvalue weighted by Gasteiger charge is -2.11. The van der Waals surface area contributed by atoms with E-state index in [0.29, 0.717) is 28.7 Å². The minimum Gasteiger partial charge on any atom is -0.338 e. The first-order valence-electron chi connectivity index (χ1n) is 10.6. The van der Waals surface area contributed by atoms with Gasteiger partial charge >= 0.3 is 0 Å². The first kappa shape index (κ1) is 18.9. The number of aromatic nitrogens is 5. The molecule has 6 rings (SSSR count). The van der Waals surface area contributed by atoms with Crippen molar-refractivity contribution >= 4 is 45.2 Å². The molecule has 0 bridgehead atoms. The van der Waals surface area contributed by atoms with Crippen LogP contribution in [0.5, 0.6) is 0 Å². The summed E-state index contributed by atoms with van der Waals surface area (Å²) in [4.78, 5) is 18.7. The third-order valence-corrected chi connectivity index (χ3v) is 5.37. The molecule has 158 valence electrons. The second-order valence-corrected chi connectivity index (χ2v) is 7.51. The molecule has 7 heteroatoms. The van der Waals surface area contributed by atoms with Crippen molar-refractivity contribution in [1.29, 1.82) is 0 Å². The van der Waals surface area contributed by atoms with Crippen molar-refractivity contribution < 1.29 is 0 Å². The van der Waals surface area contributed by atoms with Crippen molar-refractivity contribution in [2.45, 2.75) is 0 Å². The van der Waals surface area contributed by atoms with Gasteiger partial charge in [-0.2, -0.15) is 9.97 Å². The molecule has 0 radical (unpaired) electrons. The van der Waals surface area contributed by atoms with Gasteiger partial charge in [-0.25, -0.2) is 9.97 Å². The molecule has 33 heavy (non-hydrogen) atoms. The Bertz CT molecular complexity index is 1550. The summed E-state index contributed by atoms with van der Waals surface area (Å²) in [7, 11) is 0. The van der Waals surface area contributed by atoms with Crippen LogP contribution in [0, 0.1) is 0 Å². The van der Waals surface area contributed by atoms with Gasteiger partial charge in [0, 0.05) is 23.0 Å². The van der Waals surface area contributed by atoms with Crippen LogP contribution in [0.25, 0.3) is 27.6 Å². The zero-order valence-electron chi connectivity index (χ0n) is 17.6. The van der Waals surface area contributed by atoms with E-state index in [1.807, 2.05) is 89.5 Å². The molecule has 0 unspecified atom stereocenters. The fraction of sp³-hybridized carbons (Fsp3) is 0. The van der Waals surface area contributed by atoms with Crippen molar-refractivity contribution in [1.82, 2.24) is 24.5 Å². The molecule has 2 N–H and O–H groups in total. The van der Waals surface area contributed by atoms with Crippen molar-refractivity contribution in [3.05, 3.63) is 104 Å². The van der Waals surface area contributed by atoms with Crippen LogP contribution in [0.2, 0.25) is 0 Å².